The van der Waals surface area contributed by atoms with Gasteiger partial charge in [-0.05, 0) is 32.8 Å². The van der Waals surface area contributed by atoms with Crippen LogP contribution < -0.4 is 10.7 Å². The second kappa shape index (κ2) is 4.28. The first-order valence-electron chi connectivity index (χ1n) is 6.35. The van der Waals surface area contributed by atoms with Crippen molar-refractivity contribution >= 4 is 6.03 Å². The monoisotopic (exact) mass is 247 g/mol. The molecule has 0 spiro atoms. The molecule has 1 unspecified atom stereocenters. The largest absolute Gasteiger partial charge is 0.334 e. The maximum Gasteiger partial charge on any atom is 0.334 e. The van der Waals surface area contributed by atoms with Gasteiger partial charge in [-0.3, -0.25) is 5.01 Å². The van der Waals surface area contributed by atoms with Gasteiger partial charge in [-0.25, -0.2) is 10.2 Å². The zero-order valence-corrected chi connectivity index (χ0v) is 11.4. The maximum atomic E-state index is 12.1. The Kier molecular flexibility index (Phi) is 3.07. The van der Waals surface area contributed by atoms with Crippen LogP contribution in [0.25, 0.3) is 0 Å². The molecule has 4 heteroatoms. The molecule has 2 amide bonds. The molecule has 0 saturated carbocycles. The summed E-state index contributed by atoms with van der Waals surface area (Å²) in [6, 6.07) is 9.94. The van der Waals surface area contributed by atoms with Crippen molar-refractivity contribution in [3.8, 4) is 0 Å². The van der Waals surface area contributed by atoms with E-state index in [2.05, 4.69) is 17.7 Å². The number of carbonyl (C=O) groups excluding carboxylic acids is 1. The average molecular weight is 247 g/mol. The standard InChI is InChI=1S/C14H21N3O/c1-5-14(11-9-7-6-8-10-11)15-12(18)17(16-14)13(2,3)4/h6-10,16H,5H2,1-4H3,(H,15,18). The molecule has 2 rings (SSSR count). The first-order chi connectivity index (χ1) is 8.39. The molecule has 1 aromatic rings. The number of nitrogens with one attached hydrogen (secondary N) is 2. The number of amides is 2. The zero-order chi connectivity index (χ0) is 13.4. The minimum absolute atomic E-state index is 0.0757. The molecule has 1 atom stereocenters. The van der Waals surface area contributed by atoms with Crippen LogP contribution in [0.2, 0.25) is 0 Å². The highest BCUT2D eigenvalue weighted by molar-refractivity contribution is 5.78. The normalized spacial score (nSPS) is 24.2. The molecule has 1 fully saturated rings. The van der Waals surface area contributed by atoms with E-state index < -0.39 is 5.66 Å². The van der Waals surface area contributed by atoms with Gasteiger partial charge in [0, 0.05) is 0 Å². The lowest BCUT2D eigenvalue weighted by Crippen LogP contribution is -2.52. The summed E-state index contributed by atoms with van der Waals surface area (Å²) in [4.78, 5) is 12.1. The Balaban J connectivity index is 2.35. The van der Waals surface area contributed by atoms with Gasteiger partial charge in [-0.15, -0.1) is 0 Å². The van der Waals surface area contributed by atoms with Gasteiger partial charge in [0.15, 0.2) is 0 Å². The minimum Gasteiger partial charge on any atom is -0.313 e. The summed E-state index contributed by atoms with van der Waals surface area (Å²) in [5.41, 5.74) is 3.66. The summed E-state index contributed by atoms with van der Waals surface area (Å²) in [7, 11) is 0. The molecule has 98 valence electrons. The zero-order valence-electron chi connectivity index (χ0n) is 11.4. The van der Waals surface area contributed by atoms with Crippen LogP contribution >= 0.6 is 0 Å². The van der Waals surface area contributed by atoms with Crippen molar-refractivity contribution in [1.82, 2.24) is 15.8 Å². The second-order valence-electron chi connectivity index (χ2n) is 5.67. The van der Waals surface area contributed by atoms with Crippen LogP contribution in [0.5, 0.6) is 0 Å². The predicted molar refractivity (Wildman–Crippen MR) is 71.7 cm³/mol. The molecule has 2 N–H and O–H groups in total. The fraction of sp³-hybridized carbons (Fsp3) is 0.500. The number of urea groups is 1. The van der Waals surface area contributed by atoms with E-state index in [1.54, 1.807) is 5.01 Å². The van der Waals surface area contributed by atoms with Crippen molar-refractivity contribution in [2.45, 2.75) is 45.3 Å². The molecule has 0 aliphatic carbocycles. The van der Waals surface area contributed by atoms with Crippen LogP contribution in [0.4, 0.5) is 4.79 Å². The van der Waals surface area contributed by atoms with Gasteiger partial charge in [-0.2, -0.15) is 0 Å². The molecular weight excluding hydrogens is 226 g/mol. The molecule has 1 heterocycles. The van der Waals surface area contributed by atoms with Gasteiger partial charge in [0.1, 0.15) is 5.66 Å². The molecule has 1 saturated heterocycles. The molecule has 1 aliphatic rings. The van der Waals surface area contributed by atoms with Crippen LogP contribution in [0.3, 0.4) is 0 Å². The highest BCUT2D eigenvalue weighted by Crippen LogP contribution is 2.29. The SMILES string of the molecule is CCC1(c2ccccc2)NC(=O)N(C(C)(C)C)N1. The molecular formula is C14H21N3O. The number of hydrogen-bond acceptors (Lipinski definition) is 2. The highest BCUT2D eigenvalue weighted by Gasteiger charge is 2.45. The Morgan fingerprint density at radius 3 is 2.28 bits per heavy atom. The van der Waals surface area contributed by atoms with Gasteiger partial charge in [0.05, 0.1) is 5.54 Å². The Morgan fingerprint density at radius 2 is 1.83 bits per heavy atom. The van der Waals surface area contributed by atoms with Crippen molar-refractivity contribution < 1.29 is 4.79 Å². The van der Waals surface area contributed by atoms with E-state index in [0.717, 1.165) is 12.0 Å². The van der Waals surface area contributed by atoms with Crippen LogP contribution in [-0.4, -0.2) is 16.6 Å². The summed E-state index contributed by atoms with van der Waals surface area (Å²) >= 11 is 0. The van der Waals surface area contributed by atoms with E-state index in [1.165, 1.54) is 0 Å². The fourth-order valence-corrected chi connectivity index (χ4v) is 2.21. The lowest BCUT2D eigenvalue weighted by atomic mass is 9.98. The number of hydrogen-bond donors (Lipinski definition) is 2. The number of nitrogens with zero attached hydrogens (tertiary/aromatic N) is 1. The van der Waals surface area contributed by atoms with Crippen LogP contribution in [0, 0.1) is 0 Å². The maximum absolute atomic E-state index is 12.1. The Hall–Kier alpha value is -1.55. The number of hydrazine groups is 1. The van der Waals surface area contributed by atoms with E-state index in [1.807, 2.05) is 51.1 Å². The lowest BCUT2D eigenvalue weighted by Gasteiger charge is -2.34. The molecule has 18 heavy (non-hydrogen) atoms. The van der Waals surface area contributed by atoms with Crippen molar-refractivity contribution in [3.05, 3.63) is 35.9 Å². The molecule has 1 aliphatic heterocycles. The van der Waals surface area contributed by atoms with E-state index in [4.69, 9.17) is 0 Å². The Bertz CT molecular complexity index is 438. The second-order valence-corrected chi connectivity index (χ2v) is 5.67. The van der Waals surface area contributed by atoms with Gasteiger partial charge in [0.2, 0.25) is 0 Å². The van der Waals surface area contributed by atoms with Gasteiger partial charge < -0.3 is 5.32 Å². The first-order valence-corrected chi connectivity index (χ1v) is 6.35. The average Bonchev–Trinajstić information content (AvgIpc) is 2.69. The quantitative estimate of drug-likeness (QED) is 0.843. The topological polar surface area (TPSA) is 44.4 Å². The summed E-state index contributed by atoms with van der Waals surface area (Å²) < 4.78 is 0. The Labute approximate surface area is 108 Å². The van der Waals surface area contributed by atoms with Gasteiger partial charge in [-0.1, -0.05) is 37.3 Å². The highest BCUT2D eigenvalue weighted by atomic mass is 16.2. The van der Waals surface area contributed by atoms with Crippen LogP contribution in [-0.2, 0) is 5.66 Å². The molecule has 0 aromatic heterocycles. The third-order valence-corrected chi connectivity index (χ3v) is 3.29. The fourth-order valence-electron chi connectivity index (χ4n) is 2.21. The Morgan fingerprint density at radius 1 is 1.22 bits per heavy atom. The van der Waals surface area contributed by atoms with Crippen molar-refractivity contribution in [2.24, 2.45) is 0 Å². The van der Waals surface area contributed by atoms with Crippen LogP contribution in [0.1, 0.15) is 39.7 Å². The van der Waals surface area contributed by atoms with Crippen molar-refractivity contribution in [3.63, 3.8) is 0 Å². The summed E-state index contributed by atoms with van der Waals surface area (Å²) in [6.07, 6.45) is 0.787. The van der Waals surface area contributed by atoms with Crippen LogP contribution in [0.15, 0.2) is 30.3 Å². The minimum atomic E-state index is -0.494. The molecule has 1 aromatic carbocycles. The molecule has 0 radical (unpaired) electrons. The summed E-state index contributed by atoms with van der Waals surface area (Å²) in [5.74, 6) is 0. The van der Waals surface area contributed by atoms with E-state index >= 15 is 0 Å². The van der Waals surface area contributed by atoms with Crippen molar-refractivity contribution in [1.29, 1.82) is 0 Å². The molecule has 0 bridgehead atoms. The van der Waals surface area contributed by atoms with Crippen molar-refractivity contribution in [2.75, 3.05) is 0 Å². The number of rotatable bonds is 2. The van der Waals surface area contributed by atoms with Gasteiger partial charge in [0.25, 0.3) is 0 Å². The van der Waals surface area contributed by atoms with E-state index in [9.17, 15) is 4.79 Å². The third-order valence-electron chi connectivity index (χ3n) is 3.29. The first kappa shape index (κ1) is 12.9. The summed E-state index contributed by atoms with van der Waals surface area (Å²) in [6.45, 7) is 8.09. The lowest BCUT2D eigenvalue weighted by molar-refractivity contribution is 0.103. The molecule has 4 nitrogen and oxygen atoms in total. The van der Waals surface area contributed by atoms with E-state index in [0.29, 0.717) is 0 Å². The third kappa shape index (κ3) is 2.08. The number of benzene rings is 1. The smallest absolute Gasteiger partial charge is 0.313 e. The summed E-state index contributed by atoms with van der Waals surface area (Å²) in [5, 5.41) is 4.74. The van der Waals surface area contributed by atoms with Gasteiger partial charge >= 0.3 is 6.03 Å². The number of carbonyl (C=O) groups is 1. The van der Waals surface area contributed by atoms with E-state index in [-0.39, 0.29) is 11.6 Å². The predicted octanol–water partition coefficient (Wildman–Crippen LogP) is 2.58.